The molecule has 0 heterocycles. The summed E-state index contributed by atoms with van der Waals surface area (Å²) in [6.45, 7) is -0.0956. The summed E-state index contributed by atoms with van der Waals surface area (Å²) < 4.78 is 5.51. The van der Waals surface area contributed by atoms with Crippen molar-refractivity contribution in [3.05, 3.63) is 84.4 Å². The minimum absolute atomic E-state index is 0.0956. The predicted octanol–water partition coefficient (Wildman–Crippen LogP) is 3.95. The fraction of sp³-hybridized carbons (Fsp3) is 0.130. The van der Waals surface area contributed by atoms with Crippen LogP contribution < -0.4 is 15.1 Å². The molecule has 3 rings (SSSR count). The Morgan fingerprint density at radius 3 is 2.21 bits per heavy atom. The molecule has 0 aromatic heterocycles. The van der Waals surface area contributed by atoms with Crippen molar-refractivity contribution in [2.45, 2.75) is 0 Å². The molecule has 3 aromatic rings. The third-order valence-corrected chi connectivity index (χ3v) is 4.14. The van der Waals surface area contributed by atoms with Gasteiger partial charge >= 0.3 is 0 Å². The molecule has 0 aliphatic carbocycles. The molecule has 0 unspecified atom stereocenters. The minimum atomic E-state index is -0.312. The number of hydrazone groups is 1. The minimum Gasteiger partial charge on any atom is -0.484 e. The third-order valence-electron chi connectivity index (χ3n) is 4.14. The van der Waals surface area contributed by atoms with E-state index in [2.05, 4.69) is 22.7 Å². The van der Waals surface area contributed by atoms with Gasteiger partial charge in [0, 0.05) is 19.8 Å². The number of carbonyl (C=O) groups is 1. The quantitative estimate of drug-likeness (QED) is 0.504. The lowest BCUT2D eigenvalue weighted by Gasteiger charge is -2.11. The van der Waals surface area contributed by atoms with Crippen molar-refractivity contribution in [3.8, 4) is 16.9 Å². The zero-order valence-corrected chi connectivity index (χ0v) is 16.0. The molecule has 5 heteroatoms. The molecule has 0 fully saturated rings. The van der Waals surface area contributed by atoms with Crippen LogP contribution in [0.1, 0.15) is 5.56 Å². The Hall–Kier alpha value is -3.60. The molecule has 0 saturated heterocycles. The van der Waals surface area contributed by atoms with Gasteiger partial charge in [-0.05, 0) is 41.0 Å². The molecule has 0 atom stereocenters. The van der Waals surface area contributed by atoms with Gasteiger partial charge in [-0.2, -0.15) is 5.10 Å². The molecule has 1 amide bonds. The van der Waals surface area contributed by atoms with Gasteiger partial charge in [-0.1, -0.05) is 54.6 Å². The molecule has 0 aliphatic heterocycles. The average molecular weight is 373 g/mol. The van der Waals surface area contributed by atoms with Crippen LogP contribution in [0.2, 0.25) is 0 Å². The molecule has 1 N–H and O–H groups in total. The number of carbonyl (C=O) groups excluding carboxylic acids is 1. The summed E-state index contributed by atoms with van der Waals surface area (Å²) in [5, 5.41) is 3.96. The fourth-order valence-corrected chi connectivity index (χ4v) is 2.59. The smallest absolute Gasteiger partial charge is 0.277 e. The summed E-state index contributed by atoms with van der Waals surface area (Å²) in [4.78, 5) is 13.9. The van der Waals surface area contributed by atoms with Crippen LogP contribution in [0.25, 0.3) is 11.1 Å². The largest absolute Gasteiger partial charge is 0.484 e. The number of hydrogen-bond donors (Lipinski definition) is 1. The Kier molecular flexibility index (Phi) is 6.41. The van der Waals surface area contributed by atoms with Crippen LogP contribution >= 0.6 is 0 Å². The fourth-order valence-electron chi connectivity index (χ4n) is 2.59. The van der Waals surface area contributed by atoms with Gasteiger partial charge in [0.1, 0.15) is 5.75 Å². The summed E-state index contributed by atoms with van der Waals surface area (Å²) >= 11 is 0. The first-order valence-electron chi connectivity index (χ1n) is 8.99. The Labute approximate surface area is 165 Å². The van der Waals surface area contributed by atoms with Crippen LogP contribution in [0.3, 0.4) is 0 Å². The van der Waals surface area contributed by atoms with E-state index in [1.54, 1.807) is 6.21 Å². The number of hydrogen-bond acceptors (Lipinski definition) is 4. The molecule has 0 aliphatic rings. The number of nitrogens with one attached hydrogen (secondary N) is 1. The predicted molar refractivity (Wildman–Crippen MR) is 114 cm³/mol. The molecular weight excluding hydrogens is 350 g/mol. The first-order valence-corrected chi connectivity index (χ1v) is 8.99. The normalized spacial score (nSPS) is 10.6. The highest BCUT2D eigenvalue weighted by Crippen LogP contribution is 2.21. The van der Waals surface area contributed by atoms with Crippen molar-refractivity contribution in [2.75, 3.05) is 25.6 Å². The highest BCUT2D eigenvalue weighted by Gasteiger charge is 2.02. The summed E-state index contributed by atoms with van der Waals surface area (Å²) in [6.07, 6.45) is 1.60. The number of rotatable bonds is 7. The van der Waals surface area contributed by atoms with E-state index in [9.17, 15) is 4.79 Å². The maximum absolute atomic E-state index is 11.9. The number of ether oxygens (including phenoxy) is 1. The molecular formula is C23H23N3O2. The summed E-state index contributed by atoms with van der Waals surface area (Å²) in [5.74, 6) is 0.325. The van der Waals surface area contributed by atoms with E-state index >= 15 is 0 Å². The number of nitrogens with zero attached hydrogens (tertiary/aromatic N) is 2. The van der Waals surface area contributed by atoms with E-state index in [4.69, 9.17) is 4.74 Å². The van der Waals surface area contributed by atoms with E-state index in [1.165, 1.54) is 0 Å². The van der Waals surface area contributed by atoms with Crippen LogP contribution in [0.15, 0.2) is 84.0 Å². The van der Waals surface area contributed by atoms with E-state index in [0.29, 0.717) is 5.75 Å². The molecule has 5 nitrogen and oxygen atoms in total. The van der Waals surface area contributed by atoms with Crippen LogP contribution in [0, 0.1) is 0 Å². The first-order chi connectivity index (χ1) is 13.6. The van der Waals surface area contributed by atoms with E-state index in [-0.39, 0.29) is 12.5 Å². The van der Waals surface area contributed by atoms with Gasteiger partial charge in [0.25, 0.3) is 5.91 Å². The van der Waals surface area contributed by atoms with Crippen molar-refractivity contribution in [1.29, 1.82) is 0 Å². The lowest BCUT2D eigenvalue weighted by atomic mass is 10.1. The van der Waals surface area contributed by atoms with Crippen molar-refractivity contribution >= 4 is 17.8 Å². The first kappa shape index (κ1) is 19.2. The van der Waals surface area contributed by atoms with E-state index in [1.807, 2.05) is 85.7 Å². The van der Waals surface area contributed by atoms with Gasteiger partial charge in [0.2, 0.25) is 0 Å². The van der Waals surface area contributed by atoms with Crippen molar-refractivity contribution < 1.29 is 9.53 Å². The van der Waals surface area contributed by atoms with E-state index in [0.717, 1.165) is 22.4 Å². The highest BCUT2D eigenvalue weighted by molar-refractivity contribution is 5.83. The molecule has 0 spiro atoms. The van der Waals surface area contributed by atoms with Crippen LogP contribution in [-0.4, -0.2) is 32.8 Å². The summed E-state index contributed by atoms with van der Waals surface area (Å²) in [7, 11) is 3.97. The van der Waals surface area contributed by atoms with Crippen LogP contribution in [-0.2, 0) is 4.79 Å². The standard InChI is InChI=1S/C23H23N3O2/c1-26(2)21-12-8-18(9-13-21)16-24-25-23(27)17-28-22-14-10-20(11-15-22)19-6-4-3-5-7-19/h3-16H,17H2,1-2H3,(H,25,27). The highest BCUT2D eigenvalue weighted by atomic mass is 16.5. The number of amides is 1. The molecule has 0 bridgehead atoms. The van der Waals surface area contributed by atoms with Crippen molar-refractivity contribution in [3.63, 3.8) is 0 Å². The van der Waals surface area contributed by atoms with Crippen molar-refractivity contribution in [2.24, 2.45) is 5.10 Å². The third kappa shape index (κ3) is 5.45. The maximum atomic E-state index is 11.9. The summed E-state index contributed by atoms with van der Waals surface area (Å²) in [5.41, 5.74) is 6.72. The average Bonchev–Trinajstić information content (AvgIpc) is 2.73. The lowest BCUT2D eigenvalue weighted by Crippen LogP contribution is -2.24. The summed E-state index contributed by atoms with van der Waals surface area (Å²) in [6, 6.07) is 25.6. The van der Waals surface area contributed by atoms with Gasteiger partial charge in [-0.15, -0.1) is 0 Å². The second-order valence-corrected chi connectivity index (χ2v) is 6.46. The Morgan fingerprint density at radius 1 is 0.929 bits per heavy atom. The van der Waals surface area contributed by atoms with E-state index < -0.39 is 0 Å². The Bertz CT molecular complexity index is 918. The topological polar surface area (TPSA) is 53.9 Å². The van der Waals surface area contributed by atoms with Gasteiger partial charge in [-0.25, -0.2) is 5.43 Å². The van der Waals surface area contributed by atoms with Crippen molar-refractivity contribution in [1.82, 2.24) is 5.43 Å². The zero-order valence-electron chi connectivity index (χ0n) is 16.0. The number of benzene rings is 3. The zero-order chi connectivity index (χ0) is 19.8. The van der Waals surface area contributed by atoms with Gasteiger partial charge < -0.3 is 9.64 Å². The van der Waals surface area contributed by atoms with Gasteiger partial charge in [0.05, 0.1) is 6.21 Å². The Balaban J connectivity index is 1.46. The second-order valence-electron chi connectivity index (χ2n) is 6.46. The molecule has 28 heavy (non-hydrogen) atoms. The van der Waals surface area contributed by atoms with Gasteiger partial charge in [0.15, 0.2) is 6.61 Å². The molecule has 142 valence electrons. The SMILES string of the molecule is CN(C)c1ccc(C=NNC(=O)COc2ccc(-c3ccccc3)cc2)cc1. The maximum Gasteiger partial charge on any atom is 0.277 e. The number of anilines is 1. The monoisotopic (exact) mass is 373 g/mol. The molecule has 3 aromatic carbocycles. The van der Waals surface area contributed by atoms with Crippen LogP contribution in [0.5, 0.6) is 5.75 Å². The molecule has 0 radical (unpaired) electrons. The second kappa shape index (κ2) is 9.37. The van der Waals surface area contributed by atoms with Crippen LogP contribution in [0.4, 0.5) is 5.69 Å². The lowest BCUT2D eigenvalue weighted by molar-refractivity contribution is -0.123. The van der Waals surface area contributed by atoms with Gasteiger partial charge in [-0.3, -0.25) is 4.79 Å². The molecule has 0 saturated carbocycles. The Morgan fingerprint density at radius 2 is 1.57 bits per heavy atom.